The predicted molar refractivity (Wildman–Crippen MR) is 116 cm³/mol. The molecule has 0 saturated carbocycles. The van der Waals surface area contributed by atoms with E-state index in [1.807, 2.05) is 55.5 Å². The van der Waals surface area contributed by atoms with Crippen molar-refractivity contribution in [2.75, 3.05) is 22.3 Å². The summed E-state index contributed by atoms with van der Waals surface area (Å²) in [6.07, 6.45) is 1.64. The molecule has 1 aromatic heterocycles. The summed E-state index contributed by atoms with van der Waals surface area (Å²) in [4.78, 5) is 12.1. The summed E-state index contributed by atoms with van der Waals surface area (Å²) in [7, 11) is 0. The average molecular weight is 460 g/mol. The second-order valence-electron chi connectivity index (χ2n) is 5.80. The monoisotopic (exact) mass is 459 g/mol. The Morgan fingerprint density at radius 1 is 1.29 bits per heavy atom. The van der Waals surface area contributed by atoms with E-state index in [0.717, 1.165) is 21.3 Å². The number of benzene rings is 2. The molecule has 0 aliphatic rings. The van der Waals surface area contributed by atoms with E-state index in [0.29, 0.717) is 5.16 Å². The van der Waals surface area contributed by atoms with Gasteiger partial charge in [0.1, 0.15) is 0 Å². The van der Waals surface area contributed by atoms with Gasteiger partial charge in [0.25, 0.3) is 5.95 Å². The SMILES string of the molecule is Cc1cccc(NC(=O)CSc2nnc(N/N=C/c3ccc(Br)cc3)n2N)c1. The Bertz CT molecular complexity index is 988. The highest BCUT2D eigenvalue weighted by Crippen LogP contribution is 2.17. The van der Waals surface area contributed by atoms with Gasteiger partial charge in [0.2, 0.25) is 11.1 Å². The molecule has 0 aliphatic heterocycles. The third-order valence-corrected chi connectivity index (χ3v) is 5.02. The van der Waals surface area contributed by atoms with Gasteiger partial charge < -0.3 is 11.2 Å². The van der Waals surface area contributed by atoms with Gasteiger partial charge in [0.15, 0.2) is 0 Å². The molecule has 1 heterocycles. The smallest absolute Gasteiger partial charge is 0.264 e. The number of nitrogens with zero attached hydrogens (tertiary/aromatic N) is 4. The zero-order chi connectivity index (χ0) is 19.9. The summed E-state index contributed by atoms with van der Waals surface area (Å²) < 4.78 is 2.25. The van der Waals surface area contributed by atoms with Crippen LogP contribution < -0.4 is 16.6 Å². The molecule has 0 aliphatic carbocycles. The number of hydrazone groups is 1. The van der Waals surface area contributed by atoms with E-state index in [2.05, 4.69) is 42.0 Å². The zero-order valence-corrected chi connectivity index (χ0v) is 17.4. The highest BCUT2D eigenvalue weighted by Gasteiger charge is 2.12. The van der Waals surface area contributed by atoms with Crippen LogP contribution in [0.25, 0.3) is 0 Å². The van der Waals surface area contributed by atoms with Crippen molar-refractivity contribution in [2.24, 2.45) is 5.10 Å². The molecule has 0 unspecified atom stereocenters. The van der Waals surface area contributed by atoms with Gasteiger partial charge in [-0.25, -0.2) is 10.1 Å². The minimum atomic E-state index is -0.152. The third-order valence-electron chi connectivity index (χ3n) is 3.55. The molecule has 0 spiro atoms. The summed E-state index contributed by atoms with van der Waals surface area (Å²) in [6, 6.07) is 15.3. The average Bonchev–Trinajstić information content (AvgIpc) is 3.02. The largest absolute Gasteiger partial charge is 0.334 e. The van der Waals surface area contributed by atoms with Gasteiger partial charge in [-0.3, -0.25) is 4.79 Å². The van der Waals surface area contributed by atoms with Gasteiger partial charge >= 0.3 is 0 Å². The maximum Gasteiger partial charge on any atom is 0.264 e. The van der Waals surface area contributed by atoms with Crippen LogP contribution in [0.2, 0.25) is 0 Å². The number of amides is 1. The molecule has 3 aromatic rings. The Hall–Kier alpha value is -2.85. The quantitative estimate of drug-likeness (QED) is 0.216. The minimum absolute atomic E-state index is 0.152. The van der Waals surface area contributed by atoms with E-state index in [1.54, 1.807) is 6.21 Å². The maximum absolute atomic E-state index is 12.1. The number of anilines is 2. The van der Waals surface area contributed by atoms with Crippen LogP contribution in [-0.2, 0) is 4.79 Å². The lowest BCUT2D eigenvalue weighted by atomic mass is 10.2. The van der Waals surface area contributed by atoms with Gasteiger partial charge in [-0.1, -0.05) is 52.0 Å². The second-order valence-corrected chi connectivity index (χ2v) is 7.66. The van der Waals surface area contributed by atoms with E-state index in [1.165, 1.54) is 16.4 Å². The summed E-state index contributed by atoms with van der Waals surface area (Å²) in [6.45, 7) is 1.97. The van der Waals surface area contributed by atoms with Crippen LogP contribution >= 0.6 is 27.7 Å². The predicted octanol–water partition coefficient (Wildman–Crippen LogP) is 3.24. The highest BCUT2D eigenvalue weighted by atomic mass is 79.9. The first-order valence-electron chi connectivity index (χ1n) is 8.26. The Morgan fingerprint density at radius 2 is 2.07 bits per heavy atom. The maximum atomic E-state index is 12.1. The molecule has 28 heavy (non-hydrogen) atoms. The molecule has 4 N–H and O–H groups in total. The van der Waals surface area contributed by atoms with E-state index in [4.69, 9.17) is 5.84 Å². The fourth-order valence-electron chi connectivity index (χ4n) is 2.22. The first-order valence-corrected chi connectivity index (χ1v) is 10.0. The van der Waals surface area contributed by atoms with Gasteiger partial charge in [0, 0.05) is 10.2 Å². The standard InChI is InChI=1S/C18H18BrN7OS/c1-12-3-2-4-15(9-12)22-16(27)11-28-18-25-24-17(26(18)20)23-21-10-13-5-7-14(19)8-6-13/h2-10H,11,20H2,1H3,(H,22,27)(H,23,24)/b21-10+. The molecule has 2 aromatic carbocycles. The van der Waals surface area contributed by atoms with Crippen LogP contribution in [0.3, 0.4) is 0 Å². The van der Waals surface area contributed by atoms with Crippen molar-refractivity contribution in [2.45, 2.75) is 12.1 Å². The molecule has 10 heteroatoms. The zero-order valence-electron chi connectivity index (χ0n) is 15.0. The summed E-state index contributed by atoms with van der Waals surface area (Å²) in [5.74, 6) is 6.24. The molecule has 0 fully saturated rings. The number of carbonyl (C=O) groups excluding carboxylic acids is 1. The Morgan fingerprint density at radius 3 is 2.82 bits per heavy atom. The molecule has 144 valence electrons. The van der Waals surface area contributed by atoms with Crippen LogP contribution in [-0.4, -0.2) is 32.7 Å². The van der Waals surface area contributed by atoms with Crippen molar-refractivity contribution in [3.8, 4) is 0 Å². The molecular weight excluding hydrogens is 442 g/mol. The molecule has 1 amide bonds. The van der Waals surface area contributed by atoms with E-state index < -0.39 is 0 Å². The van der Waals surface area contributed by atoms with Crippen LogP contribution in [0.15, 0.2) is 63.3 Å². The number of carbonyl (C=O) groups is 1. The number of rotatable bonds is 7. The lowest BCUT2D eigenvalue weighted by Gasteiger charge is -2.06. The molecule has 0 radical (unpaired) electrons. The topological polar surface area (TPSA) is 110 Å². The fourth-order valence-corrected chi connectivity index (χ4v) is 3.14. The Kier molecular flexibility index (Phi) is 6.66. The summed E-state index contributed by atoms with van der Waals surface area (Å²) in [5, 5.41) is 15.2. The number of nitrogen functional groups attached to an aromatic ring is 1. The number of hydrogen-bond donors (Lipinski definition) is 3. The van der Waals surface area contributed by atoms with Crippen LogP contribution in [0, 0.1) is 6.92 Å². The van der Waals surface area contributed by atoms with E-state index >= 15 is 0 Å². The molecule has 8 nitrogen and oxygen atoms in total. The van der Waals surface area contributed by atoms with Crippen LogP contribution in [0.5, 0.6) is 0 Å². The molecule has 0 bridgehead atoms. The summed E-state index contributed by atoms with van der Waals surface area (Å²) >= 11 is 4.57. The molecular formula is C18H18BrN7OS. The number of nitrogens with one attached hydrogen (secondary N) is 2. The highest BCUT2D eigenvalue weighted by molar-refractivity contribution is 9.10. The number of aromatic nitrogens is 3. The lowest BCUT2D eigenvalue weighted by molar-refractivity contribution is -0.113. The van der Waals surface area contributed by atoms with Gasteiger partial charge in [-0.05, 0) is 42.3 Å². The molecule has 3 rings (SSSR count). The van der Waals surface area contributed by atoms with Gasteiger partial charge in [0.05, 0.1) is 12.0 Å². The molecule has 0 atom stereocenters. The fraction of sp³-hybridized carbons (Fsp3) is 0.111. The number of thioether (sulfide) groups is 1. The first kappa shape index (κ1) is 19.9. The van der Waals surface area contributed by atoms with Gasteiger partial charge in [-0.15, -0.1) is 10.2 Å². The van der Waals surface area contributed by atoms with Crippen molar-refractivity contribution in [1.82, 2.24) is 14.9 Å². The first-order chi connectivity index (χ1) is 13.5. The minimum Gasteiger partial charge on any atom is -0.334 e. The Labute approximate surface area is 174 Å². The number of halogens is 1. The molecule has 0 saturated heterocycles. The number of aryl methyl sites for hydroxylation is 1. The van der Waals surface area contributed by atoms with Crippen molar-refractivity contribution in [1.29, 1.82) is 0 Å². The van der Waals surface area contributed by atoms with Crippen molar-refractivity contribution in [3.63, 3.8) is 0 Å². The van der Waals surface area contributed by atoms with E-state index in [-0.39, 0.29) is 17.6 Å². The lowest BCUT2D eigenvalue weighted by Crippen LogP contribution is -2.16. The van der Waals surface area contributed by atoms with E-state index in [9.17, 15) is 4.79 Å². The van der Waals surface area contributed by atoms with Crippen LogP contribution in [0.1, 0.15) is 11.1 Å². The Balaban J connectivity index is 1.52. The van der Waals surface area contributed by atoms with Crippen molar-refractivity contribution in [3.05, 3.63) is 64.1 Å². The normalized spacial score (nSPS) is 10.9. The van der Waals surface area contributed by atoms with Crippen molar-refractivity contribution >= 4 is 51.4 Å². The van der Waals surface area contributed by atoms with Crippen molar-refractivity contribution < 1.29 is 4.79 Å². The third kappa shape index (κ3) is 5.57. The van der Waals surface area contributed by atoms with Gasteiger partial charge in [-0.2, -0.15) is 5.10 Å². The van der Waals surface area contributed by atoms with Crippen LogP contribution in [0.4, 0.5) is 11.6 Å². The number of nitrogens with two attached hydrogens (primary N) is 1. The number of hydrogen-bond acceptors (Lipinski definition) is 7. The second kappa shape index (κ2) is 9.38. The summed E-state index contributed by atoms with van der Waals surface area (Å²) in [5.41, 5.74) is 5.49.